The van der Waals surface area contributed by atoms with E-state index in [1.54, 1.807) is 0 Å². The molecule has 2 N–H and O–H groups in total. The summed E-state index contributed by atoms with van der Waals surface area (Å²) in [4.78, 5) is 23.1. The van der Waals surface area contributed by atoms with Gasteiger partial charge in [-0.15, -0.1) is 0 Å². The summed E-state index contributed by atoms with van der Waals surface area (Å²) in [5.74, 6) is -1.84. The van der Waals surface area contributed by atoms with Crippen molar-refractivity contribution in [1.82, 2.24) is 0 Å². The van der Waals surface area contributed by atoms with Crippen LogP contribution in [0.3, 0.4) is 0 Å². The lowest BCUT2D eigenvalue weighted by Crippen LogP contribution is -2.19. The average Bonchev–Trinajstić information content (AvgIpc) is 2.23. The molecule has 1 aliphatic rings. The van der Waals surface area contributed by atoms with E-state index in [1.165, 1.54) is 18.2 Å². The maximum absolute atomic E-state index is 11.6. The van der Waals surface area contributed by atoms with Gasteiger partial charge in [0, 0.05) is 11.1 Å². The zero-order valence-corrected chi connectivity index (χ0v) is 8.91. The first kappa shape index (κ1) is 9.92. The molecule has 0 radical (unpaired) electrons. The molecule has 0 amide bonds. The number of phenols is 1. The summed E-state index contributed by atoms with van der Waals surface area (Å²) in [5, 5.41) is 18.5. The highest BCUT2D eigenvalue weighted by atomic mass is 79.9. The van der Waals surface area contributed by atoms with Crippen molar-refractivity contribution in [3.63, 3.8) is 0 Å². The highest BCUT2D eigenvalue weighted by Gasteiger charge is 2.31. The van der Waals surface area contributed by atoms with Crippen LogP contribution in [0, 0.1) is 0 Å². The molecule has 76 valence electrons. The van der Waals surface area contributed by atoms with Crippen LogP contribution in [0.25, 0.3) is 0 Å². The summed E-state index contributed by atoms with van der Waals surface area (Å²) >= 11 is 2.83. The molecule has 5 heteroatoms. The highest BCUT2D eigenvalue weighted by Crippen LogP contribution is 2.30. The van der Waals surface area contributed by atoms with Crippen molar-refractivity contribution in [2.45, 2.75) is 0 Å². The number of hydrogen-bond acceptors (Lipinski definition) is 4. The number of aromatic hydroxyl groups is 1. The molecule has 0 atom stereocenters. The zero-order valence-electron chi connectivity index (χ0n) is 7.32. The number of fused-ring (bicyclic) bond motifs is 1. The van der Waals surface area contributed by atoms with Crippen molar-refractivity contribution in [1.29, 1.82) is 0 Å². The third-order valence-corrected chi connectivity index (χ3v) is 2.85. The number of Topliss-reactive ketones (excluding diaryl/α,β-unsaturated/α-hetero) is 2. The average molecular weight is 269 g/mol. The van der Waals surface area contributed by atoms with Crippen molar-refractivity contribution < 1.29 is 19.8 Å². The van der Waals surface area contributed by atoms with Crippen molar-refractivity contribution in [2.75, 3.05) is 0 Å². The fraction of sp³-hybridized carbons (Fsp3) is 0. The summed E-state index contributed by atoms with van der Waals surface area (Å²) in [5.41, 5.74) is 0.183. The number of rotatable bonds is 0. The summed E-state index contributed by atoms with van der Waals surface area (Å²) < 4.78 is -0.175. The zero-order chi connectivity index (χ0) is 11.2. The number of ketones is 2. The number of carbonyl (C=O) groups excluding carboxylic acids is 2. The molecule has 1 aromatic rings. The van der Waals surface area contributed by atoms with Crippen LogP contribution in [0.15, 0.2) is 28.4 Å². The molecule has 4 nitrogen and oxygen atoms in total. The lowest BCUT2D eigenvalue weighted by Gasteiger charge is -2.13. The van der Waals surface area contributed by atoms with Gasteiger partial charge in [-0.2, -0.15) is 0 Å². The Morgan fingerprint density at radius 3 is 2.33 bits per heavy atom. The van der Waals surface area contributed by atoms with Gasteiger partial charge >= 0.3 is 0 Å². The second kappa shape index (κ2) is 3.20. The van der Waals surface area contributed by atoms with E-state index in [4.69, 9.17) is 0 Å². The fourth-order valence-electron chi connectivity index (χ4n) is 1.37. The number of phenolic OH excluding ortho intramolecular Hbond substituents is 1. The fourth-order valence-corrected chi connectivity index (χ4v) is 1.76. The third-order valence-electron chi connectivity index (χ3n) is 2.11. The minimum atomic E-state index is -0.628. The maximum Gasteiger partial charge on any atom is 0.229 e. The van der Waals surface area contributed by atoms with Gasteiger partial charge in [0.2, 0.25) is 11.6 Å². The van der Waals surface area contributed by atoms with Crippen LogP contribution in [-0.4, -0.2) is 21.8 Å². The van der Waals surface area contributed by atoms with E-state index in [2.05, 4.69) is 15.9 Å². The Hall–Kier alpha value is -1.62. The quantitative estimate of drug-likeness (QED) is 0.754. The van der Waals surface area contributed by atoms with Gasteiger partial charge in [0.05, 0.1) is 0 Å². The topological polar surface area (TPSA) is 74.6 Å². The van der Waals surface area contributed by atoms with E-state index in [0.717, 1.165) is 0 Å². The van der Waals surface area contributed by atoms with E-state index in [1.807, 2.05) is 0 Å². The smallest absolute Gasteiger partial charge is 0.229 e. The Morgan fingerprint density at radius 2 is 1.67 bits per heavy atom. The number of benzene rings is 1. The predicted octanol–water partition coefficient (Wildman–Crippen LogP) is 1.94. The van der Waals surface area contributed by atoms with Crippen LogP contribution < -0.4 is 0 Å². The normalized spacial score (nSPS) is 15.5. The molecule has 0 heterocycles. The van der Waals surface area contributed by atoms with Crippen LogP contribution in [0.4, 0.5) is 0 Å². The molecule has 0 spiro atoms. The van der Waals surface area contributed by atoms with Crippen molar-refractivity contribution in [2.24, 2.45) is 0 Å². The first-order valence-corrected chi connectivity index (χ1v) is 4.83. The van der Waals surface area contributed by atoms with Crippen molar-refractivity contribution in [3.05, 3.63) is 39.6 Å². The molecular formula is C10H5BrO4. The Bertz CT molecular complexity index is 516. The van der Waals surface area contributed by atoms with Gasteiger partial charge in [-0.1, -0.05) is 0 Å². The Morgan fingerprint density at radius 1 is 1.00 bits per heavy atom. The second-order valence-electron chi connectivity index (χ2n) is 3.05. The second-order valence-corrected chi connectivity index (χ2v) is 3.84. The number of hydrogen-bond donors (Lipinski definition) is 2. The first-order valence-electron chi connectivity index (χ1n) is 4.03. The van der Waals surface area contributed by atoms with Crippen molar-refractivity contribution >= 4 is 27.5 Å². The van der Waals surface area contributed by atoms with Crippen LogP contribution in [-0.2, 0) is 0 Å². The molecule has 15 heavy (non-hydrogen) atoms. The van der Waals surface area contributed by atoms with Crippen LogP contribution >= 0.6 is 15.9 Å². The molecule has 2 rings (SSSR count). The molecule has 0 aliphatic heterocycles. The third kappa shape index (κ3) is 1.35. The van der Waals surface area contributed by atoms with E-state index < -0.39 is 17.3 Å². The van der Waals surface area contributed by atoms with E-state index >= 15 is 0 Å². The minimum Gasteiger partial charge on any atom is -0.508 e. The lowest BCUT2D eigenvalue weighted by molar-refractivity contribution is 0.0937. The van der Waals surface area contributed by atoms with Gasteiger partial charge in [0.15, 0.2) is 5.76 Å². The monoisotopic (exact) mass is 268 g/mol. The van der Waals surface area contributed by atoms with E-state index in [-0.39, 0.29) is 21.4 Å². The number of halogens is 1. The number of aliphatic hydroxyl groups excluding tert-OH is 1. The van der Waals surface area contributed by atoms with Gasteiger partial charge in [0.25, 0.3) is 0 Å². The van der Waals surface area contributed by atoms with E-state index in [9.17, 15) is 19.8 Å². The van der Waals surface area contributed by atoms with Crippen LogP contribution in [0.5, 0.6) is 5.75 Å². The molecule has 0 saturated carbocycles. The SMILES string of the molecule is O=C1C(O)=C(Br)C(=O)c2cc(O)ccc21. The van der Waals surface area contributed by atoms with Gasteiger partial charge < -0.3 is 10.2 Å². The largest absolute Gasteiger partial charge is 0.508 e. The molecular weight excluding hydrogens is 264 g/mol. The van der Waals surface area contributed by atoms with Crippen LogP contribution in [0.1, 0.15) is 20.7 Å². The molecule has 0 saturated heterocycles. The number of carbonyl (C=O) groups is 2. The standard InChI is InChI=1S/C10H5BrO4/c11-7-8(13)6-3-4(12)1-2-5(6)9(14)10(7)15/h1-3,12,15H. The Kier molecular flexibility index (Phi) is 2.12. The molecule has 1 aliphatic carbocycles. The Balaban J connectivity index is 2.73. The Labute approximate surface area is 93.0 Å². The lowest BCUT2D eigenvalue weighted by atomic mass is 9.93. The first-order chi connectivity index (χ1) is 7.02. The van der Waals surface area contributed by atoms with E-state index in [0.29, 0.717) is 0 Å². The van der Waals surface area contributed by atoms with Crippen molar-refractivity contribution in [3.8, 4) is 5.75 Å². The number of aliphatic hydroxyl groups is 1. The molecule has 0 fully saturated rings. The maximum atomic E-state index is 11.6. The summed E-state index contributed by atoms with van der Waals surface area (Å²) in [7, 11) is 0. The summed E-state index contributed by atoms with van der Waals surface area (Å²) in [6.45, 7) is 0. The highest BCUT2D eigenvalue weighted by molar-refractivity contribution is 9.12. The molecule has 0 aromatic heterocycles. The van der Waals surface area contributed by atoms with Crippen LogP contribution in [0.2, 0.25) is 0 Å². The predicted molar refractivity (Wildman–Crippen MR) is 55.3 cm³/mol. The molecule has 0 bridgehead atoms. The number of allylic oxidation sites excluding steroid dienone is 2. The molecule has 0 unspecified atom stereocenters. The van der Waals surface area contributed by atoms with Gasteiger partial charge in [0.1, 0.15) is 10.2 Å². The minimum absolute atomic E-state index is 0.0877. The summed E-state index contributed by atoms with van der Waals surface area (Å²) in [6.07, 6.45) is 0. The van der Waals surface area contributed by atoms with Gasteiger partial charge in [-0.05, 0) is 34.1 Å². The summed E-state index contributed by atoms with van der Waals surface area (Å²) in [6, 6.07) is 3.79. The molecule has 1 aromatic carbocycles. The van der Waals surface area contributed by atoms with Gasteiger partial charge in [-0.3, -0.25) is 9.59 Å². The van der Waals surface area contributed by atoms with Gasteiger partial charge in [-0.25, -0.2) is 0 Å².